The van der Waals surface area contributed by atoms with E-state index in [1.165, 1.54) is 0 Å². The van der Waals surface area contributed by atoms with Gasteiger partial charge in [0, 0.05) is 0 Å². The van der Waals surface area contributed by atoms with Gasteiger partial charge in [0.15, 0.2) is 0 Å². The summed E-state index contributed by atoms with van der Waals surface area (Å²) < 4.78 is 108. The number of aliphatic hydroxyl groups excluding tert-OH is 1. The van der Waals surface area contributed by atoms with E-state index in [2.05, 4.69) is 31.2 Å². The maximum Gasteiger partial charge on any atom is 0.481 e. The van der Waals surface area contributed by atoms with Gasteiger partial charge >= 0.3 is 54.8 Å². The number of hydrogen-bond donors (Lipinski definition) is 13. The van der Waals surface area contributed by atoms with E-state index in [4.69, 9.17) is 39.1 Å². The molecule has 0 aromatic heterocycles. The zero-order valence-corrected chi connectivity index (χ0v) is 24.4. The Morgan fingerprint density at radius 3 is 0.875 bits per heavy atom. The molecule has 40 heavy (non-hydrogen) atoms. The second kappa shape index (κ2) is 13.0. The average molecular weight is 740 g/mol. The van der Waals surface area contributed by atoms with Crippen LogP contribution in [0, 0.1) is 0 Å². The van der Waals surface area contributed by atoms with Crippen LogP contribution in [0.25, 0.3) is 0 Å². The zero-order chi connectivity index (χ0) is 31.9. The Hall–Kier alpha value is 0.810. The van der Waals surface area contributed by atoms with Crippen LogP contribution in [-0.4, -0.2) is 100 Å². The van der Waals surface area contributed by atoms with Crippen molar-refractivity contribution in [2.45, 2.75) is 36.6 Å². The molecular weight excluding hydrogens is 721 g/mol. The van der Waals surface area contributed by atoms with Crippen molar-refractivity contribution in [1.29, 1.82) is 0 Å². The normalized spacial score (nSPS) is 30.4. The van der Waals surface area contributed by atoms with Crippen molar-refractivity contribution in [1.82, 2.24) is 0 Å². The van der Waals surface area contributed by atoms with E-state index in [-0.39, 0.29) is 0 Å². The maximum absolute atomic E-state index is 12.2. The van der Waals surface area contributed by atoms with E-state index in [0.29, 0.717) is 0 Å². The molecule has 8 atom stereocenters. The van der Waals surface area contributed by atoms with E-state index in [0.717, 1.165) is 0 Å². The first kappa shape index (κ1) is 38.8. The molecule has 0 amide bonds. The largest absolute Gasteiger partial charge is 0.481 e. The van der Waals surface area contributed by atoms with Crippen LogP contribution < -0.4 is 0 Å². The van der Waals surface area contributed by atoms with Gasteiger partial charge in [0.1, 0.15) is 36.6 Å². The monoisotopic (exact) mass is 740 g/mol. The zero-order valence-electron chi connectivity index (χ0n) is 18.1. The molecule has 0 saturated heterocycles. The number of hydrogen-bond acceptors (Lipinski definition) is 15. The third kappa shape index (κ3) is 14.5. The summed E-state index contributed by atoms with van der Waals surface area (Å²) in [7, 11) is -43.0. The molecule has 240 valence electrons. The minimum absolute atomic E-state index is 3.13. The Morgan fingerprint density at radius 1 is 0.350 bits per heavy atom. The van der Waals surface area contributed by atoms with Gasteiger partial charge in [-0.1, -0.05) is 0 Å². The van der Waals surface area contributed by atoms with Gasteiger partial charge in [-0.2, -0.15) is 8.62 Å². The lowest BCUT2D eigenvalue weighted by atomic mass is 9.85. The second-order valence-electron chi connectivity index (χ2n) is 6.89. The van der Waals surface area contributed by atoms with Crippen molar-refractivity contribution in [3.63, 3.8) is 0 Å². The Morgan fingerprint density at radius 2 is 0.575 bits per heavy atom. The summed E-state index contributed by atoms with van der Waals surface area (Å²) in [6.07, 6.45) is -19.5. The number of rotatable bonds is 14. The van der Waals surface area contributed by atoms with Gasteiger partial charge in [0.05, 0.1) is 0 Å². The predicted molar refractivity (Wildman–Crippen MR) is 112 cm³/mol. The van der Waals surface area contributed by atoms with Crippen LogP contribution in [0.4, 0.5) is 0 Å². The van der Waals surface area contributed by atoms with E-state index >= 15 is 0 Å². The van der Waals surface area contributed by atoms with E-state index < -0.39 is 91.4 Å². The minimum Gasteiger partial charge on any atom is -0.387 e. The number of phosphoric acid groups is 7. The molecule has 1 aliphatic carbocycles. The van der Waals surface area contributed by atoms with Gasteiger partial charge < -0.3 is 63.8 Å². The van der Waals surface area contributed by atoms with E-state index in [1.54, 1.807) is 0 Å². The van der Waals surface area contributed by atoms with Gasteiger partial charge in [-0.15, -0.1) is 0 Å². The molecule has 2 unspecified atom stereocenters. The Kier molecular flexibility index (Phi) is 12.7. The molecule has 0 aromatic carbocycles. The smallest absolute Gasteiger partial charge is 0.387 e. The fraction of sp³-hybridized carbons (Fsp3) is 1.00. The van der Waals surface area contributed by atoms with Gasteiger partial charge in [-0.05, 0) is 0 Å². The third-order valence-corrected chi connectivity index (χ3v) is 9.60. The maximum atomic E-state index is 12.2. The lowest BCUT2D eigenvalue weighted by Crippen LogP contribution is -2.66. The molecule has 0 radical (unpaired) electrons. The summed E-state index contributed by atoms with van der Waals surface area (Å²) in [4.78, 5) is 109. The molecule has 0 bridgehead atoms. The molecule has 1 aliphatic rings. The van der Waals surface area contributed by atoms with Crippen molar-refractivity contribution in [2.75, 3.05) is 0 Å². The minimum atomic E-state index is -6.39. The Balaban J connectivity index is 3.95. The van der Waals surface area contributed by atoms with E-state index in [9.17, 15) is 56.6 Å². The fourth-order valence-corrected chi connectivity index (χ4v) is 8.07. The molecule has 0 aliphatic heterocycles. The fourth-order valence-electron chi connectivity index (χ4n) is 2.83. The third-order valence-electron chi connectivity index (χ3n) is 3.67. The molecular formula is C6H19O27P7. The van der Waals surface area contributed by atoms with Crippen LogP contribution in [0.5, 0.6) is 0 Å². The van der Waals surface area contributed by atoms with Crippen LogP contribution in [0.15, 0.2) is 0 Å². The van der Waals surface area contributed by atoms with Crippen LogP contribution >= 0.6 is 54.8 Å². The van der Waals surface area contributed by atoms with Crippen LogP contribution in [0.3, 0.4) is 0 Å². The molecule has 0 spiro atoms. The highest BCUT2D eigenvalue weighted by atomic mass is 31.3. The van der Waals surface area contributed by atoms with Gasteiger partial charge in [-0.25, -0.2) is 32.0 Å². The Labute approximate surface area is 219 Å². The predicted octanol–water partition coefficient (Wildman–Crippen LogP) is -3.02. The first-order valence-corrected chi connectivity index (χ1v) is 19.4. The quantitative estimate of drug-likeness (QED) is 0.0788. The summed E-state index contributed by atoms with van der Waals surface area (Å²) in [6, 6.07) is 0. The first-order valence-electron chi connectivity index (χ1n) is 8.76. The first-order chi connectivity index (χ1) is 17.3. The van der Waals surface area contributed by atoms with E-state index in [1.807, 2.05) is 0 Å². The highest BCUT2D eigenvalue weighted by Crippen LogP contribution is 2.63. The van der Waals surface area contributed by atoms with Gasteiger partial charge in [-0.3, -0.25) is 22.6 Å². The van der Waals surface area contributed by atoms with Crippen molar-refractivity contribution in [3.8, 4) is 0 Å². The summed E-state index contributed by atoms with van der Waals surface area (Å²) in [5, 5.41) is 10.5. The highest BCUT2D eigenvalue weighted by molar-refractivity contribution is 7.61. The average Bonchev–Trinajstić information content (AvgIpc) is 2.57. The summed E-state index contributed by atoms with van der Waals surface area (Å²) >= 11 is 0. The van der Waals surface area contributed by atoms with Crippen LogP contribution in [-0.2, 0) is 63.2 Å². The van der Waals surface area contributed by atoms with Crippen molar-refractivity contribution in [2.24, 2.45) is 0 Å². The standard InChI is InChI=1S/C6H19O27P7/c7-1-2(27-34(8,9)10)4(28-35(11,12)13)6(29-36(14,15)16)5(31-40(25,26)33-38(20,21)22)3(1)30-39(23,24)32-37(17,18)19/h1-7H,(H,23,24)(H,25,26)(H2,8,9,10)(H2,11,12,13)(H2,14,15,16)(H2,17,18,19)(H2,20,21,22)/t1-,2+,3+,4+,5-,6-/m1/s1. The molecule has 1 rings (SSSR count). The van der Waals surface area contributed by atoms with Crippen LogP contribution in [0.1, 0.15) is 0 Å². The lowest BCUT2D eigenvalue weighted by molar-refractivity contribution is -0.205. The number of aliphatic hydroxyl groups is 1. The number of phosphoric ester groups is 5. The van der Waals surface area contributed by atoms with Crippen molar-refractivity contribution >= 4 is 54.8 Å². The Bertz CT molecular complexity index is 1230. The molecule has 0 aromatic rings. The lowest BCUT2D eigenvalue weighted by Gasteiger charge is -2.47. The molecule has 1 fully saturated rings. The van der Waals surface area contributed by atoms with Crippen LogP contribution in [0.2, 0.25) is 0 Å². The summed E-state index contributed by atoms with van der Waals surface area (Å²) in [5.41, 5.74) is 0. The summed E-state index contributed by atoms with van der Waals surface area (Å²) in [6.45, 7) is 0. The molecule has 0 heterocycles. The highest BCUT2D eigenvalue weighted by Gasteiger charge is 2.61. The summed E-state index contributed by atoms with van der Waals surface area (Å²) in [5.74, 6) is 0. The second-order valence-corrected chi connectivity index (χ2v) is 16.0. The van der Waals surface area contributed by atoms with Gasteiger partial charge in [0.25, 0.3) is 0 Å². The molecule has 34 heteroatoms. The molecule has 1 saturated carbocycles. The SMILES string of the molecule is O=P(O)(O)O[C@@H]1[C@@H](OP(=O)(O)O)[C@@H](OP(=O)(O)O)[C@@H](O)[C@H](OP(=O)(O)OP(=O)(O)O)[C@H]1OP(=O)(O)OP(=O)(O)O. The molecule has 27 nitrogen and oxygen atoms in total. The van der Waals surface area contributed by atoms with Crippen molar-refractivity contribution < 1.29 is 127 Å². The molecule has 13 N–H and O–H groups in total. The van der Waals surface area contributed by atoms with Crippen molar-refractivity contribution in [3.05, 3.63) is 0 Å². The van der Waals surface area contributed by atoms with Gasteiger partial charge in [0.2, 0.25) is 0 Å². The topological polar surface area (TPSA) is 447 Å².